The molecule has 2 aromatic rings. The molecule has 0 unspecified atom stereocenters. The Balaban J connectivity index is 1.76. The lowest BCUT2D eigenvalue weighted by Gasteiger charge is -2.11. The first-order chi connectivity index (χ1) is 11.0. The predicted molar refractivity (Wildman–Crippen MR) is 90.3 cm³/mol. The maximum atomic E-state index is 13.4. The molecule has 23 heavy (non-hydrogen) atoms. The Morgan fingerprint density at radius 1 is 1.13 bits per heavy atom. The Labute approximate surface area is 135 Å². The number of benzene rings is 2. The average Bonchev–Trinajstić information content (AvgIpc) is 2.51. The van der Waals surface area contributed by atoms with Crippen molar-refractivity contribution in [2.75, 3.05) is 17.2 Å². The molecule has 0 aliphatic rings. The molecular weight excluding hydrogens is 295 g/mol. The van der Waals surface area contributed by atoms with Gasteiger partial charge in [-0.1, -0.05) is 12.1 Å². The van der Waals surface area contributed by atoms with Gasteiger partial charge >= 0.3 is 0 Å². The molecule has 0 atom stereocenters. The average molecular weight is 316 g/mol. The van der Waals surface area contributed by atoms with Crippen molar-refractivity contribution in [1.82, 2.24) is 0 Å². The second kappa shape index (κ2) is 8.17. The van der Waals surface area contributed by atoms with Crippen LogP contribution in [0.5, 0.6) is 5.75 Å². The van der Waals surface area contributed by atoms with Crippen LogP contribution in [0.2, 0.25) is 0 Å². The van der Waals surface area contributed by atoms with E-state index in [1.807, 2.05) is 38.1 Å². The molecule has 122 valence electrons. The summed E-state index contributed by atoms with van der Waals surface area (Å²) in [5, 5.41) is 5.70. The van der Waals surface area contributed by atoms with Gasteiger partial charge in [0.1, 0.15) is 11.6 Å². The van der Waals surface area contributed by atoms with E-state index in [4.69, 9.17) is 4.74 Å². The SMILES string of the molecule is CC(C)Oc1ccc(NCCC(=O)Nc2ccccc2F)cc1. The molecule has 2 N–H and O–H groups in total. The minimum atomic E-state index is -0.436. The summed E-state index contributed by atoms with van der Waals surface area (Å²) >= 11 is 0. The molecule has 2 rings (SSSR count). The third kappa shape index (κ3) is 5.62. The zero-order valence-electron chi connectivity index (χ0n) is 13.3. The summed E-state index contributed by atoms with van der Waals surface area (Å²) in [4.78, 5) is 11.8. The maximum Gasteiger partial charge on any atom is 0.226 e. The van der Waals surface area contributed by atoms with Crippen LogP contribution in [0.15, 0.2) is 48.5 Å². The first kappa shape index (κ1) is 16.8. The first-order valence-electron chi connectivity index (χ1n) is 7.59. The van der Waals surface area contributed by atoms with Crippen LogP contribution in [0, 0.1) is 5.82 Å². The van der Waals surface area contributed by atoms with Gasteiger partial charge in [0.2, 0.25) is 5.91 Å². The predicted octanol–water partition coefficient (Wildman–Crippen LogP) is 4.05. The largest absolute Gasteiger partial charge is 0.491 e. The lowest BCUT2D eigenvalue weighted by molar-refractivity contribution is -0.116. The highest BCUT2D eigenvalue weighted by atomic mass is 19.1. The van der Waals surface area contributed by atoms with Gasteiger partial charge in [-0.25, -0.2) is 4.39 Å². The van der Waals surface area contributed by atoms with Crippen molar-refractivity contribution in [2.45, 2.75) is 26.4 Å². The molecule has 0 aliphatic carbocycles. The third-order valence-corrected chi connectivity index (χ3v) is 3.06. The van der Waals surface area contributed by atoms with E-state index < -0.39 is 5.82 Å². The quantitative estimate of drug-likeness (QED) is 0.810. The Bertz CT molecular complexity index is 642. The van der Waals surface area contributed by atoms with Crippen molar-refractivity contribution in [3.63, 3.8) is 0 Å². The van der Waals surface area contributed by atoms with E-state index in [2.05, 4.69) is 10.6 Å². The van der Waals surface area contributed by atoms with Crippen molar-refractivity contribution >= 4 is 17.3 Å². The summed E-state index contributed by atoms with van der Waals surface area (Å²) in [6.07, 6.45) is 0.384. The maximum absolute atomic E-state index is 13.4. The van der Waals surface area contributed by atoms with Crippen LogP contribution < -0.4 is 15.4 Å². The summed E-state index contributed by atoms with van der Waals surface area (Å²) in [5.41, 5.74) is 1.10. The van der Waals surface area contributed by atoms with Crippen LogP contribution >= 0.6 is 0 Å². The summed E-state index contributed by atoms with van der Waals surface area (Å²) in [7, 11) is 0. The number of carbonyl (C=O) groups is 1. The molecule has 0 radical (unpaired) electrons. The fourth-order valence-electron chi connectivity index (χ4n) is 2.02. The van der Waals surface area contributed by atoms with Crippen molar-refractivity contribution in [2.24, 2.45) is 0 Å². The van der Waals surface area contributed by atoms with Crippen molar-refractivity contribution in [3.05, 3.63) is 54.3 Å². The highest BCUT2D eigenvalue weighted by Gasteiger charge is 2.06. The Morgan fingerprint density at radius 3 is 2.48 bits per heavy atom. The summed E-state index contributed by atoms with van der Waals surface area (Å²) in [5.74, 6) is 0.139. The lowest BCUT2D eigenvalue weighted by Crippen LogP contribution is -2.16. The molecule has 0 aromatic heterocycles. The minimum absolute atomic E-state index is 0.135. The summed E-state index contributed by atoms with van der Waals surface area (Å²) in [6.45, 7) is 4.41. The van der Waals surface area contributed by atoms with E-state index in [1.165, 1.54) is 12.1 Å². The number of rotatable bonds is 7. The van der Waals surface area contributed by atoms with E-state index in [-0.39, 0.29) is 24.1 Å². The molecule has 5 heteroatoms. The first-order valence-corrected chi connectivity index (χ1v) is 7.59. The number of ether oxygens (including phenoxy) is 1. The van der Waals surface area contributed by atoms with E-state index in [9.17, 15) is 9.18 Å². The highest BCUT2D eigenvalue weighted by molar-refractivity contribution is 5.91. The van der Waals surface area contributed by atoms with Gasteiger partial charge < -0.3 is 15.4 Å². The van der Waals surface area contributed by atoms with Crippen LogP contribution in [0.3, 0.4) is 0 Å². The molecule has 0 saturated heterocycles. The molecule has 0 bridgehead atoms. The van der Waals surface area contributed by atoms with Gasteiger partial charge in [0, 0.05) is 18.7 Å². The molecule has 0 aliphatic heterocycles. The molecule has 0 saturated carbocycles. The molecular formula is C18H21FN2O2. The van der Waals surface area contributed by atoms with Gasteiger partial charge in [-0.3, -0.25) is 4.79 Å². The van der Waals surface area contributed by atoms with Crippen LogP contribution in [-0.4, -0.2) is 18.6 Å². The number of hydrogen-bond acceptors (Lipinski definition) is 3. The van der Waals surface area contributed by atoms with Crippen LogP contribution in [0.4, 0.5) is 15.8 Å². The molecule has 1 amide bonds. The minimum Gasteiger partial charge on any atom is -0.491 e. The normalized spacial score (nSPS) is 10.4. The third-order valence-electron chi connectivity index (χ3n) is 3.06. The number of halogens is 1. The fourth-order valence-corrected chi connectivity index (χ4v) is 2.02. The summed E-state index contributed by atoms with van der Waals surface area (Å²) < 4.78 is 19.0. The van der Waals surface area contributed by atoms with Gasteiger partial charge in [-0.05, 0) is 50.2 Å². The number of nitrogens with one attached hydrogen (secondary N) is 2. The second-order valence-electron chi connectivity index (χ2n) is 5.40. The second-order valence-corrected chi connectivity index (χ2v) is 5.40. The Hall–Kier alpha value is -2.56. The smallest absolute Gasteiger partial charge is 0.226 e. The van der Waals surface area contributed by atoms with Gasteiger partial charge in [-0.2, -0.15) is 0 Å². The topological polar surface area (TPSA) is 50.4 Å². The summed E-state index contributed by atoms with van der Waals surface area (Å²) in [6, 6.07) is 13.7. The number of para-hydroxylation sites is 1. The number of hydrogen-bond donors (Lipinski definition) is 2. The number of amides is 1. The number of carbonyl (C=O) groups excluding carboxylic acids is 1. The number of anilines is 2. The van der Waals surface area contributed by atoms with Crippen LogP contribution in [0.1, 0.15) is 20.3 Å². The van der Waals surface area contributed by atoms with Crippen molar-refractivity contribution < 1.29 is 13.9 Å². The van der Waals surface area contributed by atoms with Crippen molar-refractivity contribution in [3.8, 4) is 5.75 Å². The van der Waals surface area contributed by atoms with Gasteiger partial charge in [0.15, 0.2) is 0 Å². The van der Waals surface area contributed by atoms with Crippen molar-refractivity contribution in [1.29, 1.82) is 0 Å². The van der Waals surface area contributed by atoms with Gasteiger partial charge in [0.05, 0.1) is 11.8 Å². The van der Waals surface area contributed by atoms with Gasteiger partial charge in [-0.15, -0.1) is 0 Å². The molecule has 0 fully saturated rings. The van der Waals surface area contributed by atoms with E-state index in [1.54, 1.807) is 12.1 Å². The Kier molecular flexibility index (Phi) is 5.97. The fraction of sp³-hybridized carbons (Fsp3) is 0.278. The standard InChI is InChI=1S/C18H21FN2O2/c1-13(2)23-15-9-7-14(8-10-15)20-12-11-18(22)21-17-6-4-3-5-16(17)19/h3-10,13,20H,11-12H2,1-2H3,(H,21,22). The zero-order valence-corrected chi connectivity index (χ0v) is 13.3. The lowest BCUT2D eigenvalue weighted by atomic mass is 10.2. The highest BCUT2D eigenvalue weighted by Crippen LogP contribution is 2.17. The monoisotopic (exact) mass is 316 g/mol. The van der Waals surface area contributed by atoms with E-state index in [0.29, 0.717) is 6.54 Å². The van der Waals surface area contributed by atoms with Crippen LogP contribution in [0.25, 0.3) is 0 Å². The zero-order chi connectivity index (χ0) is 16.7. The Morgan fingerprint density at radius 2 is 1.83 bits per heavy atom. The molecule has 0 spiro atoms. The van der Waals surface area contributed by atoms with Gasteiger partial charge in [0.25, 0.3) is 0 Å². The van der Waals surface area contributed by atoms with E-state index >= 15 is 0 Å². The molecule has 0 heterocycles. The molecule has 4 nitrogen and oxygen atoms in total. The van der Waals surface area contributed by atoms with Crippen LogP contribution in [-0.2, 0) is 4.79 Å². The molecule has 2 aromatic carbocycles. The van der Waals surface area contributed by atoms with E-state index in [0.717, 1.165) is 11.4 Å².